The van der Waals surface area contributed by atoms with Crippen LogP contribution in [0.15, 0.2) is 48.5 Å². The summed E-state index contributed by atoms with van der Waals surface area (Å²) in [6.45, 7) is 8.02. The number of benzene rings is 2. The van der Waals surface area contributed by atoms with E-state index in [1.165, 1.54) is 11.3 Å². The molecule has 0 saturated carbocycles. The van der Waals surface area contributed by atoms with Crippen molar-refractivity contribution < 1.29 is 4.79 Å². The van der Waals surface area contributed by atoms with Crippen LogP contribution < -0.4 is 10.2 Å². The Morgan fingerprint density at radius 1 is 1.06 bits per heavy atom. The lowest BCUT2D eigenvalue weighted by Crippen LogP contribution is -2.46. The van der Waals surface area contributed by atoms with E-state index in [1.54, 1.807) is 0 Å². The molecule has 1 fully saturated rings. The molecule has 1 saturated heterocycles. The Morgan fingerprint density at radius 3 is 2.65 bits per heavy atom. The number of carbonyl (C=O) groups is 1. The number of hydrogen-bond acceptors (Lipinski definition) is 3. The highest BCUT2D eigenvalue weighted by atomic mass is 35.5. The molecule has 3 aromatic rings. The van der Waals surface area contributed by atoms with E-state index in [2.05, 4.69) is 45.2 Å². The molecule has 1 aliphatic heterocycles. The standard InChI is InChI=1S/C25H31ClN4O/c1-2-19-9-7-11-23(24(19)26)30-16-14-29(15-17-30)13-6-5-12-27-25(31)22-18-20-8-3-4-10-21(20)28-22/h3-4,7-11,18,28H,2,5-6,12-17H2,1H3,(H,27,31). The number of H-pyrrole nitrogens is 1. The lowest BCUT2D eigenvalue weighted by molar-refractivity contribution is 0.0948. The minimum Gasteiger partial charge on any atom is -0.368 e. The second-order valence-corrected chi connectivity index (χ2v) is 8.54. The second kappa shape index (κ2) is 10.2. The molecule has 6 heteroatoms. The van der Waals surface area contributed by atoms with Gasteiger partial charge in [0.2, 0.25) is 0 Å². The van der Waals surface area contributed by atoms with Crippen molar-refractivity contribution >= 4 is 34.1 Å². The smallest absolute Gasteiger partial charge is 0.267 e. The number of hydrogen-bond donors (Lipinski definition) is 2. The van der Waals surface area contributed by atoms with E-state index in [0.717, 1.165) is 67.9 Å². The van der Waals surface area contributed by atoms with Crippen molar-refractivity contribution in [3.8, 4) is 0 Å². The van der Waals surface area contributed by atoms with E-state index in [9.17, 15) is 4.79 Å². The number of rotatable bonds is 8. The van der Waals surface area contributed by atoms with Crippen LogP contribution >= 0.6 is 11.6 Å². The molecular weight excluding hydrogens is 408 g/mol. The highest BCUT2D eigenvalue weighted by Gasteiger charge is 2.19. The molecule has 0 unspecified atom stereocenters. The summed E-state index contributed by atoms with van der Waals surface area (Å²) < 4.78 is 0. The largest absolute Gasteiger partial charge is 0.368 e. The summed E-state index contributed by atoms with van der Waals surface area (Å²) in [6.07, 6.45) is 3.03. The van der Waals surface area contributed by atoms with Gasteiger partial charge in [-0.3, -0.25) is 9.69 Å². The minimum atomic E-state index is -0.0315. The van der Waals surface area contributed by atoms with Gasteiger partial charge in [0.25, 0.3) is 5.91 Å². The number of unbranched alkanes of at least 4 members (excludes halogenated alkanes) is 1. The molecule has 2 aromatic carbocycles. The Hall–Kier alpha value is -2.50. The van der Waals surface area contributed by atoms with Crippen molar-refractivity contribution in [2.75, 3.05) is 44.2 Å². The van der Waals surface area contributed by atoms with Crippen molar-refractivity contribution in [2.45, 2.75) is 26.2 Å². The maximum Gasteiger partial charge on any atom is 0.267 e. The van der Waals surface area contributed by atoms with E-state index in [0.29, 0.717) is 12.2 Å². The number of piperazine rings is 1. The van der Waals surface area contributed by atoms with Crippen LogP contribution in [0, 0.1) is 0 Å². The normalized spacial score (nSPS) is 14.8. The fraction of sp³-hybridized carbons (Fsp3) is 0.400. The van der Waals surface area contributed by atoms with Crippen LogP contribution in [0.1, 0.15) is 35.8 Å². The summed E-state index contributed by atoms with van der Waals surface area (Å²) in [6, 6.07) is 16.2. The Balaban J connectivity index is 1.16. The minimum absolute atomic E-state index is 0.0315. The number of halogens is 1. The summed E-state index contributed by atoms with van der Waals surface area (Å²) in [4.78, 5) is 20.4. The van der Waals surface area contributed by atoms with Gasteiger partial charge >= 0.3 is 0 Å². The Morgan fingerprint density at radius 2 is 1.87 bits per heavy atom. The van der Waals surface area contributed by atoms with Gasteiger partial charge in [0.05, 0.1) is 10.7 Å². The van der Waals surface area contributed by atoms with Gasteiger partial charge in [0, 0.05) is 43.6 Å². The number of aryl methyl sites for hydroxylation is 1. The van der Waals surface area contributed by atoms with Crippen LogP contribution in [-0.4, -0.2) is 55.1 Å². The molecule has 1 aromatic heterocycles. The Bertz CT molecular complexity index is 990. The molecule has 1 aliphatic rings. The van der Waals surface area contributed by atoms with Gasteiger partial charge in [-0.05, 0) is 49.6 Å². The predicted molar refractivity (Wildman–Crippen MR) is 129 cm³/mol. The van der Waals surface area contributed by atoms with Crippen molar-refractivity contribution in [2.24, 2.45) is 0 Å². The molecule has 164 valence electrons. The Labute approximate surface area is 189 Å². The SMILES string of the molecule is CCc1cccc(N2CCN(CCCCNC(=O)c3cc4ccccc4[nH]3)CC2)c1Cl. The number of carbonyl (C=O) groups excluding carboxylic acids is 1. The van der Waals surface area contributed by atoms with E-state index in [1.807, 2.05) is 30.3 Å². The molecule has 31 heavy (non-hydrogen) atoms. The molecule has 0 radical (unpaired) electrons. The number of aromatic nitrogens is 1. The zero-order valence-electron chi connectivity index (χ0n) is 18.2. The topological polar surface area (TPSA) is 51.4 Å². The molecule has 0 atom stereocenters. The number of aromatic amines is 1. The van der Waals surface area contributed by atoms with Crippen molar-refractivity contribution in [1.82, 2.24) is 15.2 Å². The molecule has 0 aliphatic carbocycles. The fourth-order valence-electron chi connectivity index (χ4n) is 4.25. The van der Waals surface area contributed by atoms with Crippen LogP contribution in [0.5, 0.6) is 0 Å². The summed E-state index contributed by atoms with van der Waals surface area (Å²) in [7, 11) is 0. The number of para-hydroxylation sites is 1. The van der Waals surface area contributed by atoms with Gasteiger partial charge in [-0.1, -0.05) is 48.9 Å². The first-order chi connectivity index (χ1) is 15.2. The van der Waals surface area contributed by atoms with Gasteiger partial charge < -0.3 is 15.2 Å². The molecule has 5 nitrogen and oxygen atoms in total. The lowest BCUT2D eigenvalue weighted by atomic mass is 10.1. The number of nitrogens with one attached hydrogen (secondary N) is 2. The number of fused-ring (bicyclic) bond motifs is 1. The molecule has 0 spiro atoms. The zero-order valence-corrected chi connectivity index (χ0v) is 18.9. The van der Waals surface area contributed by atoms with Gasteiger partial charge in [-0.2, -0.15) is 0 Å². The van der Waals surface area contributed by atoms with Crippen LogP contribution in [-0.2, 0) is 6.42 Å². The van der Waals surface area contributed by atoms with Crippen LogP contribution in [0.25, 0.3) is 10.9 Å². The maximum atomic E-state index is 12.4. The van der Waals surface area contributed by atoms with Crippen LogP contribution in [0.2, 0.25) is 5.02 Å². The zero-order chi connectivity index (χ0) is 21.6. The molecule has 0 bridgehead atoms. The fourth-order valence-corrected chi connectivity index (χ4v) is 4.63. The highest BCUT2D eigenvalue weighted by Crippen LogP contribution is 2.30. The average Bonchev–Trinajstić information content (AvgIpc) is 3.24. The van der Waals surface area contributed by atoms with Crippen LogP contribution in [0.3, 0.4) is 0 Å². The first kappa shape index (κ1) is 21.7. The van der Waals surface area contributed by atoms with Gasteiger partial charge in [-0.25, -0.2) is 0 Å². The van der Waals surface area contributed by atoms with Crippen molar-refractivity contribution in [3.63, 3.8) is 0 Å². The number of anilines is 1. The molecule has 2 N–H and O–H groups in total. The first-order valence-electron chi connectivity index (χ1n) is 11.3. The summed E-state index contributed by atoms with van der Waals surface area (Å²) in [5.74, 6) is -0.0315. The summed E-state index contributed by atoms with van der Waals surface area (Å²) in [5, 5.41) is 5.00. The molecular formula is C25H31ClN4O. The molecule has 1 amide bonds. The number of nitrogens with zero attached hydrogens (tertiary/aromatic N) is 2. The van der Waals surface area contributed by atoms with E-state index in [-0.39, 0.29) is 5.91 Å². The maximum absolute atomic E-state index is 12.4. The number of amides is 1. The third kappa shape index (κ3) is 5.23. The van der Waals surface area contributed by atoms with Crippen molar-refractivity contribution in [3.05, 3.63) is 64.8 Å². The Kier molecular flexibility index (Phi) is 7.15. The monoisotopic (exact) mass is 438 g/mol. The van der Waals surface area contributed by atoms with Gasteiger partial charge in [0.15, 0.2) is 0 Å². The second-order valence-electron chi connectivity index (χ2n) is 8.17. The highest BCUT2D eigenvalue weighted by molar-refractivity contribution is 6.34. The lowest BCUT2D eigenvalue weighted by Gasteiger charge is -2.36. The van der Waals surface area contributed by atoms with E-state index in [4.69, 9.17) is 11.6 Å². The quantitative estimate of drug-likeness (QED) is 0.500. The molecule has 2 heterocycles. The predicted octanol–water partition coefficient (Wildman–Crippen LogP) is 4.72. The third-order valence-corrected chi connectivity index (χ3v) is 6.55. The van der Waals surface area contributed by atoms with E-state index >= 15 is 0 Å². The van der Waals surface area contributed by atoms with Gasteiger partial charge in [-0.15, -0.1) is 0 Å². The third-order valence-electron chi connectivity index (χ3n) is 6.11. The van der Waals surface area contributed by atoms with Crippen LogP contribution in [0.4, 0.5) is 5.69 Å². The van der Waals surface area contributed by atoms with Crippen molar-refractivity contribution in [1.29, 1.82) is 0 Å². The summed E-state index contributed by atoms with van der Waals surface area (Å²) >= 11 is 6.60. The molecule has 4 rings (SSSR count). The summed E-state index contributed by atoms with van der Waals surface area (Å²) in [5.41, 5.74) is 4.01. The van der Waals surface area contributed by atoms with Gasteiger partial charge in [0.1, 0.15) is 5.69 Å². The first-order valence-corrected chi connectivity index (χ1v) is 11.6. The average molecular weight is 439 g/mol. The van der Waals surface area contributed by atoms with E-state index < -0.39 is 0 Å².